The molecule has 2 atom stereocenters. The van der Waals surface area contributed by atoms with Gasteiger partial charge in [0.05, 0.1) is 6.54 Å². The third-order valence-corrected chi connectivity index (χ3v) is 6.17. The number of halogens is 1. The highest BCUT2D eigenvalue weighted by Gasteiger charge is 2.61. The number of nitrogens with one attached hydrogen (secondary N) is 2. The van der Waals surface area contributed by atoms with Crippen molar-refractivity contribution in [2.75, 3.05) is 18.4 Å². The van der Waals surface area contributed by atoms with Crippen LogP contribution in [0.4, 0.5) is 14.9 Å². The molecule has 2 fully saturated rings. The van der Waals surface area contributed by atoms with Crippen molar-refractivity contribution >= 4 is 29.0 Å². The molecule has 1 aliphatic heterocycles. The molecule has 0 bridgehead atoms. The summed E-state index contributed by atoms with van der Waals surface area (Å²) in [5.74, 6) is -0.261. The number of hydrogen-bond donors (Lipinski definition) is 2. The predicted molar refractivity (Wildman–Crippen MR) is 98.3 cm³/mol. The average Bonchev–Trinajstić information content (AvgIpc) is 2.99. The molecule has 1 spiro atoms. The Kier molecular flexibility index (Phi) is 4.40. The molecular weight excluding hydrogens is 353 g/mol. The lowest BCUT2D eigenvalue weighted by atomic mass is 10.0. The van der Waals surface area contributed by atoms with E-state index in [9.17, 15) is 14.0 Å². The zero-order valence-corrected chi connectivity index (χ0v) is 15.0. The number of likely N-dealkylation sites (tertiary alicyclic amines) is 1. The second-order valence-electron chi connectivity index (χ2n) is 7.02. The minimum atomic E-state index is -0.336. The van der Waals surface area contributed by atoms with Gasteiger partial charge < -0.3 is 15.5 Å². The van der Waals surface area contributed by atoms with Crippen molar-refractivity contribution in [1.29, 1.82) is 0 Å². The monoisotopic (exact) mass is 373 g/mol. The molecule has 1 aliphatic carbocycles. The molecule has 26 heavy (non-hydrogen) atoms. The summed E-state index contributed by atoms with van der Waals surface area (Å²) in [7, 11) is 0. The van der Waals surface area contributed by atoms with Crippen LogP contribution in [0.25, 0.3) is 0 Å². The summed E-state index contributed by atoms with van der Waals surface area (Å²) in [6.45, 7) is 1.80. The molecule has 2 N–H and O–H groups in total. The summed E-state index contributed by atoms with van der Waals surface area (Å²) < 4.78 is 12.9. The fourth-order valence-corrected chi connectivity index (χ4v) is 4.33. The Balaban J connectivity index is 1.29. The molecule has 5 nitrogen and oxygen atoms in total. The van der Waals surface area contributed by atoms with Gasteiger partial charge in [0.2, 0.25) is 5.91 Å². The second-order valence-corrected chi connectivity index (χ2v) is 8.06. The topological polar surface area (TPSA) is 61.4 Å². The van der Waals surface area contributed by atoms with Gasteiger partial charge in [-0.05, 0) is 48.6 Å². The summed E-state index contributed by atoms with van der Waals surface area (Å²) in [6.07, 6.45) is 1.69. The van der Waals surface area contributed by atoms with Crippen LogP contribution in [0.2, 0.25) is 0 Å². The van der Waals surface area contributed by atoms with Crippen molar-refractivity contribution in [1.82, 2.24) is 10.2 Å². The summed E-state index contributed by atoms with van der Waals surface area (Å²) in [4.78, 5) is 27.7. The maximum atomic E-state index is 12.9. The van der Waals surface area contributed by atoms with Crippen molar-refractivity contribution < 1.29 is 14.0 Å². The smallest absolute Gasteiger partial charge is 0.321 e. The van der Waals surface area contributed by atoms with Crippen molar-refractivity contribution in [2.24, 2.45) is 11.3 Å². The highest BCUT2D eigenvalue weighted by atomic mass is 32.1. The van der Waals surface area contributed by atoms with Gasteiger partial charge in [-0.2, -0.15) is 0 Å². The fourth-order valence-electron chi connectivity index (χ4n) is 3.68. The zero-order valence-electron chi connectivity index (χ0n) is 14.2. The van der Waals surface area contributed by atoms with Crippen LogP contribution in [0.15, 0.2) is 41.8 Å². The van der Waals surface area contributed by atoms with Crippen LogP contribution in [0.1, 0.15) is 17.7 Å². The third-order valence-electron chi connectivity index (χ3n) is 5.29. The first-order valence-electron chi connectivity index (χ1n) is 8.67. The van der Waals surface area contributed by atoms with E-state index in [0.29, 0.717) is 25.3 Å². The van der Waals surface area contributed by atoms with Crippen LogP contribution < -0.4 is 10.6 Å². The lowest BCUT2D eigenvalue weighted by Gasteiger charge is -2.17. The molecule has 2 aromatic rings. The van der Waals surface area contributed by atoms with E-state index < -0.39 is 0 Å². The van der Waals surface area contributed by atoms with Crippen LogP contribution in [0.5, 0.6) is 0 Å². The van der Waals surface area contributed by atoms with Gasteiger partial charge in [-0.25, -0.2) is 9.18 Å². The van der Waals surface area contributed by atoms with Gasteiger partial charge in [0, 0.05) is 35.0 Å². The van der Waals surface area contributed by atoms with Crippen LogP contribution in [-0.4, -0.2) is 29.9 Å². The minimum absolute atomic E-state index is 0.00826. The summed E-state index contributed by atoms with van der Waals surface area (Å²) in [5.41, 5.74) is 0.498. The summed E-state index contributed by atoms with van der Waals surface area (Å²) in [5, 5.41) is 7.78. The molecule has 1 saturated carbocycles. The standard InChI is InChI=1S/C19H20FN3O2S/c20-13-3-5-14(6-4-13)22-18(25)23-8-7-19(12-23)10-16(19)17(24)21-11-15-2-1-9-26-15/h1-6,9,16H,7-8,10-12H2,(H,21,24)(H,22,25)/t16-,19+/m0/s1. The minimum Gasteiger partial charge on any atom is -0.351 e. The van der Waals surface area contributed by atoms with Gasteiger partial charge in [0.15, 0.2) is 0 Å². The fraction of sp³-hybridized carbons (Fsp3) is 0.368. The highest BCUT2D eigenvalue weighted by Crippen LogP contribution is 2.58. The van der Waals surface area contributed by atoms with Gasteiger partial charge in [0.1, 0.15) is 5.82 Å². The molecular formula is C19H20FN3O2S. The van der Waals surface area contributed by atoms with E-state index in [1.165, 1.54) is 24.3 Å². The lowest BCUT2D eigenvalue weighted by molar-refractivity contribution is -0.123. The zero-order chi connectivity index (χ0) is 18.1. The van der Waals surface area contributed by atoms with Gasteiger partial charge >= 0.3 is 6.03 Å². The Morgan fingerprint density at radius 1 is 1.27 bits per heavy atom. The first-order chi connectivity index (χ1) is 12.6. The quantitative estimate of drug-likeness (QED) is 0.862. The van der Waals surface area contributed by atoms with E-state index in [0.717, 1.165) is 17.7 Å². The molecule has 1 aromatic carbocycles. The third kappa shape index (κ3) is 3.44. The number of hydrogen-bond acceptors (Lipinski definition) is 3. The van der Waals surface area contributed by atoms with Crippen LogP contribution in [-0.2, 0) is 11.3 Å². The SMILES string of the molecule is O=C(NCc1cccs1)[C@@H]1C[C@@]12CCN(C(=O)Nc1ccc(F)cc1)C2. The molecule has 1 saturated heterocycles. The largest absolute Gasteiger partial charge is 0.351 e. The Morgan fingerprint density at radius 2 is 2.08 bits per heavy atom. The maximum absolute atomic E-state index is 12.9. The molecule has 0 radical (unpaired) electrons. The Hall–Kier alpha value is -2.41. The van der Waals surface area contributed by atoms with Crippen LogP contribution in [0.3, 0.4) is 0 Å². The van der Waals surface area contributed by atoms with Gasteiger partial charge in [-0.15, -0.1) is 11.3 Å². The number of amides is 3. The molecule has 4 rings (SSSR count). The Morgan fingerprint density at radius 3 is 2.81 bits per heavy atom. The van der Waals surface area contributed by atoms with Crippen molar-refractivity contribution in [3.63, 3.8) is 0 Å². The predicted octanol–water partition coefficient (Wildman–Crippen LogP) is 3.45. The van der Waals surface area contributed by atoms with Crippen LogP contribution >= 0.6 is 11.3 Å². The Labute approximate surface area is 155 Å². The number of carbonyl (C=O) groups is 2. The number of urea groups is 1. The molecule has 2 heterocycles. The first kappa shape index (κ1) is 17.0. The van der Waals surface area contributed by atoms with Crippen molar-refractivity contribution in [3.8, 4) is 0 Å². The molecule has 2 aliphatic rings. The molecule has 0 unspecified atom stereocenters. The van der Waals surface area contributed by atoms with Gasteiger partial charge in [-0.3, -0.25) is 4.79 Å². The van der Waals surface area contributed by atoms with Crippen LogP contribution in [0, 0.1) is 17.2 Å². The average molecular weight is 373 g/mol. The molecule has 3 amide bonds. The number of rotatable bonds is 4. The number of carbonyl (C=O) groups excluding carboxylic acids is 2. The number of thiophene rings is 1. The number of benzene rings is 1. The van der Waals surface area contributed by atoms with E-state index in [-0.39, 0.29) is 29.1 Å². The Bertz CT molecular complexity index is 809. The maximum Gasteiger partial charge on any atom is 0.321 e. The summed E-state index contributed by atoms with van der Waals surface area (Å²) >= 11 is 1.63. The van der Waals surface area contributed by atoms with Crippen molar-refractivity contribution in [3.05, 3.63) is 52.5 Å². The van der Waals surface area contributed by atoms with E-state index in [4.69, 9.17) is 0 Å². The van der Waals surface area contributed by atoms with Gasteiger partial charge in [0.25, 0.3) is 0 Å². The van der Waals surface area contributed by atoms with E-state index in [2.05, 4.69) is 10.6 Å². The number of nitrogens with zero attached hydrogens (tertiary/aromatic N) is 1. The molecule has 7 heteroatoms. The number of anilines is 1. The van der Waals surface area contributed by atoms with E-state index in [1.54, 1.807) is 16.2 Å². The second kappa shape index (κ2) is 6.72. The normalized spacial score (nSPS) is 23.9. The first-order valence-corrected chi connectivity index (χ1v) is 9.55. The van der Waals surface area contributed by atoms with Crippen molar-refractivity contribution in [2.45, 2.75) is 19.4 Å². The molecule has 136 valence electrons. The molecule has 1 aromatic heterocycles. The highest BCUT2D eigenvalue weighted by molar-refractivity contribution is 7.09. The van der Waals surface area contributed by atoms with E-state index in [1.807, 2.05) is 17.5 Å². The lowest BCUT2D eigenvalue weighted by Crippen LogP contribution is -2.34. The van der Waals surface area contributed by atoms with Gasteiger partial charge in [-0.1, -0.05) is 6.07 Å². The summed E-state index contributed by atoms with van der Waals surface area (Å²) in [6, 6.07) is 9.49. The van der Waals surface area contributed by atoms with E-state index >= 15 is 0 Å².